The Kier molecular flexibility index (Phi) is 3.47. The first kappa shape index (κ1) is 14.7. The fourth-order valence-corrected chi connectivity index (χ4v) is 2.58. The first-order valence-corrected chi connectivity index (χ1v) is 7.29. The van der Waals surface area contributed by atoms with Gasteiger partial charge >= 0.3 is 0 Å². The number of benzene rings is 1. The van der Waals surface area contributed by atoms with E-state index in [0.717, 1.165) is 6.42 Å². The predicted octanol–water partition coefficient (Wildman–Crippen LogP) is 3.04. The lowest BCUT2D eigenvalue weighted by molar-refractivity contribution is 0.221. The molecule has 118 valence electrons. The van der Waals surface area contributed by atoms with Gasteiger partial charge in [-0.05, 0) is 31.5 Å². The highest BCUT2D eigenvalue weighted by molar-refractivity contribution is 5.79. The molecule has 6 heteroatoms. The van der Waals surface area contributed by atoms with Crippen LogP contribution in [-0.4, -0.2) is 23.0 Å². The van der Waals surface area contributed by atoms with E-state index in [2.05, 4.69) is 5.10 Å². The number of nitrogens with zero attached hydrogens (tertiary/aromatic N) is 2. The molecule has 22 heavy (non-hydrogen) atoms. The number of aryl methyl sites for hydroxylation is 1. The summed E-state index contributed by atoms with van der Waals surface area (Å²) in [5.74, 6) is 1.67. The van der Waals surface area contributed by atoms with Crippen LogP contribution >= 0.6 is 0 Å². The minimum absolute atomic E-state index is 0.486. The van der Waals surface area contributed by atoms with Gasteiger partial charge in [-0.1, -0.05) is 0 Å². The zero-order valence-electron chi connectivity index (χ0n) is 13.0. The minimum atomic E-state index is -1.54. The molecule has 3 rings (SSSR count). The minimum Gasteiger partial charge on any atom is -0.490 e. The number of rotatable bonds is 2. The van der Waals surface area contributed by atoms with Gasteiger partial charge in [0.25, 0.3) is 0 Å². The van der Waals surface area contributed by atoms with E-state index in [1.165, 1.54) is 13.8 Å². The first-order valence-electron chi connectivity index (χ1n) is 7.29. The number of nitrogens with two attached hydrogens (primary N) is 1. The zero-order chi connectivity index (χ0) is 15.9. The lowest BCUT2D eigenvalue weighted by atomic mass is 9.91. The third-order valence-electron chi connectivity index (χ3n) is 3.80. The molecular formula is C16H20FN3O2. The molecule has 0 fully saturated rings. The van der Waals surface area contributed by atoms with Gasteiger partial charge in [0.1, 0.15) is 11.5 Å². The van der Waals surface area contributed by atoms with Gasteiger partial charge in [0.2, 0.25) is 0 Å². The van der Waals surface area contributed by atoms with Crippen LogP contribution < -0.4 is 15.2 Å². The third-order valence-corrected chi connectivity index (χ3v) is 3.80. The van der Waals surface area contributed by atoms with Gasteiger partial charge in [-0.25, -0.2) is 4.39 Å². The Morgan fingerprint density at radius 1 is 1.18 bits per heavy atom. The molecule has 0 saturated heterocycles. The quantitative estimate of drug-likeness (QED) is 0.926. The maximum atomic E-state index is 14.7. The fraction of sp³-hybridized carbons (Fsp3) is 0.438. The number of hydrogen-bond donors (Lipinski definition) is 1. The predicted molar refractivity (Wildman–Crippen MR) is 82.8 cm³/mol. The first-order chi connectivity index (χ1) is 10.4. The third kappa shape index (κ3) is 2.49. The van der Waals surface area contributed by atoms with Crippen molar-refractivity contribution >= 4 is 5.82 Å². The van der Waals surface area contributed by atoms with E-state index in [1.807, 2.05) is 0 Å². The van der Waals surface area contributed by atoms with Crippen molar-refractivity contribution < 1.29 is 13.9 Å². The van der Waals surface area contributed by atoms with Crippen molar-refractivity contribution in [2.45, 2.75) is 25.9 Å². The molecule has 0 atom stereocenters. The number of aromatic nitrogens is 2. The summed E-state index contributed by atoms with van der Waals surface area (Å²) in [6.45, 7) is 4.17. The topological polar surface area (TPSA) is 62.3 Å². The average Bonchev–Trinajstić information content (AvgIpc) is 2.66. The molecule has 0 spiro atoms. The summed E-state index contributed by atoms with van der Waals surface area (Å²) in [7, 11) is 1.75. The number of nitrogen functional groups attached to an aromatic ring is 1. The van der Waals surface area contributed by atoms with Crippen molar-refractivity contribution in [1.29, 1.82) is 0 Å². The maximum absolute atomic E-state index is 14.7. The standard InChI is InChI=1S/C16H20FN3O2/c1-16(2,17)12-8-14-13(21-5-4-6-22-14)7-10(12)11-9-19-20(3)15(11)18/h7-9H,4-6,18H2,1-3H3. The van der Waals surface area contributed by atoms with Gasteiger partial charge < -0.3 is 15.2 Å². The molecule has 2 heterocycles. The van der Waals surface area contributed by atoms with Crippen molar-refractivity contribution in [2.75, 3.05) is 18.9 Å². The molecule has 1 aromatic carbocycles. The highest BCUT2D eigenvalue weighted by Gasteiger charge is 2.28. The lowest BCUT2D eigenvalue weighted by Gasteiger charge is -2.21. The number of hydrogen-bond acceptors (Lipinski definition) is 4. The van der Waals surface area contributed by atoms with Gasteiger partial charge in [-0.3, -0.25) is 4.68 Å². The van der Waals surface area contributed by atoms with E-state index in [-0.39, 0.29) is 0 Å². The Bertz CT molecular complexity index is 704. The highest BCUT2D eigenvalue weighted by atomic mass is 19.1. The van der Waals surface area contributed by atoms with Crippen molar-refractivity contribution in [3.05, 3.63) is 23.9 Å². The van der Waals surface area contributed by atoms with E-state index in [1.54, 1.807) is 30.1 Å². The van der Waals surface area contributed by atoms with Crippen LogP contribution in [0.4, 0.5) is 10.2 Å². The van der Waals surface area contributed by atoms with Gasteiger partial charge in [0.15, 0.2) is 11.5 Å². The van der Waals surface area contributed by atoms with Gasteiger partial charge in [-0.15, -0.1) is 0 Å². The highest BCUT2D eigenvalue weighted by Crippen LogP contribution is 2.43. The molecule has 0 radical (unpaired) electrons. The van der Waals surface area contributed by atoms with Crippen molar-refractivity contribution in [3.8, 4) is 22.6 Å². The number of alkyl halides is 1. The normalized spacial score (nSPS) is 14.7. The molecule has 0 saturated carbocycles. The summed E-state index contributed by atoms with van der Waals surface area (Å²) in [4.78, 5) is 0. The number of fused-ring (bicyclic) bond motifs is 1. The van der Waals surface area contributed by atoms with Crippen LogP contribution in [0.2, 0.25) is 0 Å². The summed E-state index contributed by atoms with van der Waals surface area (Å²) in [6, 6.07) is 3.51. The van der Waals surface area contributed by atoms with E-state index in [9.17, 15) is 4.39 Å². The summed E-state index contributed by atoms with van der Waals surface area (Å²) in [6.07, 6.45) is 2.44. The molecular weight excluding hydrogens is 285 g/mol. The van der Waals surface area contributed by atoms with Crippen LogP contribution in [0.25, 0.3) is 11.1 Å². The van der Waals surface area contributed by atoms with E-state index < -0.39 is 5.67 Å². The second kappa shape index (κ2) is 5.19. The molecule has 5 nitrogen and oxygen atoms in total. The fourth-order valence-electron chi connectivity index (χ4n) is 2.58. The van der Waals surface area contributed by atoms with E-state index in [0.29, 0.717) is 47.2 Å². The van der Waals surface area contributed by atoms with Crippen LogP contribution in [0.15, 0.2) is 18.3 Å². The lowest BCUT2D eigenvalue weighted by Crippen LogP contribution is -2.12. The van der Waals surface area contributed by atoms with Gasteiger partial charge in [0.05, 0.1) is 19.4 Å². The summed E-state index contributed by atoms with van der Waals surface area (Å²) >= 11 is 0. The number of anilines is 1. The van der Waals surface area contributed by atoms with Crippen LogP contribution in [0.3, 0.4) is 0 Å². The molecule has 2 aromatic rings. The van der Waals surface area contributed by atoms with Crippen LogP contribution in [0, 0.1) is 0 Å². The van der Waals surface area contributed by atoms with E-state index in [4.69, 9.17) is 15.2 Å². The Morgan fingerprint density at radius 2 is 1.82 bits per heavy atom. The molecule has 0 unspecified atom stereocenters. The Labute approximate surface area is 128 Å². The SMILES string of the molecule is Cn1ncc(-c2cc3c(cc2C(C)(C)F)OCCCO3)c1N. The molecule has 0 aliphatic carbocycles. The number of ether oxygens (including phenoxy) is 2. The summed E-state index contributed by atoms with van der Waals surface area (Å²) in [5, 5.41) is 4.14. The van der Waals surface area contributed by atoms with Crippen LogP contribution in [-0.2, 0) is 12.7 Å². The van der Waals surface area contributed by atoms with Crippen molar-refractivity contribution in [3.63, 3.8) is 0 Å². The van der Waals surface area contributed by atoms with Gasteiger partial charge in [0, 0.05) is 24.6 Å². The van der Waals surface area contributed by atoms with Crippen molar-refractivity contribution in [1.82, 2.24) is 9.78 Å². The summed E-state index contributed by atoms with van der Waals surface area (Å²) < 4.78 is 27.7. The number of halogens is 1. The molecule has 0 bridgehead atoms. The largest absolute Gasteiger partial charge is 0.490 e. The Hall–Kier alpha value is -2.24. The second-order valence-electron chi connectivity index (χ2n) is 5.93. The maximum Gasteiger partial charge on any atom is 0.161 e. The molecule has 1 aliphatic heterocycles. The zero-order valence-corrected chi connectivity index (χ0v) is 13.0. The monoisotopic (exact) mass is 305 g/mol. The molecule has 1 aliphatic rings. The Balaban J connectivity index is 2.23. The van der Waals surface area contributed by atoms with Crippen LogP contribution in [0.1, 0.15) is 25.8 Å². The summed E-state index contributed by atoms with van der Waals surface area (Å²) in [5.41, 5.74) is 6.41. The van der Waals surface area contributed by atoms with Gasteiger partial charge in [-0.2, -0.15) is 5.10 Å². The van der Waals surface area contributed by atoms with E-state index >= 15 is 0 Å². The average molecular weight is 305 g/mol. The molecule has 0 amide bonds. The van der Waals surface area contributed by atoms with Crippen molar-refractivity contribution in [2.24, 2.45) is 7.05 Å². The molecule has 1 aromatic heterocycles. The smallest absolute Gasteiger partial charge is 0.161 e. The molecule has 2 N–H and O–H groups in total. The Morgan fingerprint density at radius 3 is 2.36 bits per heavy atom. The van der Waals surface area contributed by atoms with Crippen LogP contribution in [0.5, 0.6) is 11.5 Å². The second-order valence-corrected chi connectivity index (χ2v) is 5.93.